The van der Waals surface area contributed by atoms with Crippen molar-refractivity contribution in [2.24, 2.45) is 5.73 Å². The molecule has 0 spiro atoms. The van der Waals surface area contributed by atoms with E-state index in [0.717, 1.165) is 0 Å². The quantitative estimate of drug-likeness (QED) is 0.838. The van der Waals surface area contributed by atoms with Gasteiger partial charge in [-0.15, -0.1) is 0 Å². The van der Waals surface area contributed by atoms with E-state index in [9.17, 15) is 8.78 Å². The van der Waals surface area contributed by atoms with Crippen molar-refractivity contribution in [1.29, 1.82) is 0 Å². The first kappa shape index (κ1) is 11.9. The number of alkyl halides is 2. The molecule has 0 aliphatic heterocycles. The fraction of sp³-hybridized carbons (Fsp3) is 0.455. The van der Waals surface area contributed by atoms with Gasteiger partial charge in [0.1, 0.15) is 5.75 Å². The maximum absolute atomic E-state index is 12.5. The Morgan fingerprint density at radius 2 is 1.80 bits per heavy atom. The fourth-order valence-corrected chi connectivity index (χ4v) is 1.25. The predicted molar refractivity (Wildman–Crippen MR) is 55.1 cm³/mol. The topological polar surface area (TPSA) is 35.2 Å². The number of hydrogen-bond donors (Lipinski definition) is 1. The number of benzene rings is 1. The smallest absolute Gasteiger partial charge is 0.257 e. The van der Waals surface area contributed by atoms with E-state index in [0.29, 0.717) is 11.3 Å². The second-order valence-corrected chi connectivity index (χ2v) is 3.56. The highest BCUT2D eigenvalue weighted by atomic mass is 19.3. The minimum Gasteiger partial charge on any atom is -0.491 e. The molecule has 2 N–H and O–H groups in total. The SMILES string of the molecule is CC(C)Oc1ccccc1C(N)C(F)F. The Labute approximate surface area is 88.0 Å². The maximum Gasteiger partial charge on any atom is 0.257 e. The molecule has 1 atom stereocenters. The van der Waals surface area contributed by atoms with Gasteiger partial charge in [0.2, 0.25) is 0 Å². The van der Waals surface area contributed by atoms with Crippen LogP contribution in [-0.2, 0) is 0 Å². The van der Waals surface area contributed by atoms with Gasteiger partial charge in [-0.05, 0) is 19.9 Å². The van der Waals surface area contributed by atoms with Crippen LogP contribution in [0.25, 0.3) is 0 Å². The van der Waals surface area contributed by atoms with E-state index in [1.54, 1.807) is 24.3 Å². The highest BCUT2D eigenvalue weighted by Gasteiger charge is 2.21. The summed E-state index contributed by atoms with van der Waals surface area (Å²) in [5.74, 6) is 0.431. The van der Waals surface area contributed by atoms with Gasteiger partial charge in [0, 0.05) is 5.56 Å². The van der Waals surface area contributed by atoms with Crippen molar-refractivity contribution in [3.8, 4) is 5.75 Å². The lowest BCUT2D eigenvalue weighted by Gasteiger charge is -2.17. The lowest BCUT2D eigenvalue weighted by Crippen LogP contribution is -2.20. The van der Waals surface area contributed by atoms with Crippen molar-refractivity contribution in [2.75, 3.05) is 0 Å². The molecule has 15 heavy (non-hydrogen) atoms. The number of ether oxygens (including phenoxy) is 1. The number of halogens is 2. The largest absolute Gasteiger partial charge is 0.491 e. The normalized spacial score (nSPS) is 13.3. The molecule has 1 unspecified atom stereocenters. The highest BCUT2D eigenvalue weighted by molar-refractivity contribution is 5.36. The van der Waals surface area contributed by atoms with Crippen molar-refractivity contribution in [3.63, 3.8) is 0 Å². The molecule has 0 bridgehead atoms. The van der Waals surface area contributed by atoms with Crippen LogP contribution >= 0.6 is 0 Å². The third-order valence-corrected chi connectivity index (χ3v) is 1.91. The van der Waals surface area contributed by atoms with Crippen LogP contribution in [0.5, 0.6) is 5.75 Å². The van der Waals surface area contributed by atoms with E-state index in [-0.39, 0.29) is 6.10 Å². The summed E-state index contributed by atoms with van der Waals surface area (Å²) in [6.07, 6.45) is -2.64. The number of para-hydroxylation sites is 1. The summed E-state index contributed by atoms with van der Waals surface area (Å²) in [7, 11) is 0. The van der Waals surface area contributed by atoms with Gasteiger partial charge in [0.05, 0.1) is 12.1 Å². The van der Waals surface area contributed by atoms with Gasteiger partial charge in [-0.2, -0.15) is 0 Å². The summed E-state index contributed by atoms with van der Waals surface area (Å²) < 4.78 is 30.3. The van der Waals surface area contributed by atoms with Gasteiger partial charge >= 0.3 is 0 Å². The Hall–Kier alpha value is -1.16. The van der Waals surface area contributed by atoms with Crippen LogP contribution in [0.3, 0.4) is 0 Å². The first-order valence-electron chi connectivity index (χ1n) is 4.81. The third-order valence-electron chi connectivity index (χ3n) is 1.91. The molecular weight excluding hydrogens is 200 g/mol. The van der Waals surface area contributed by atoms with Crippen LogP contribution in [0.2, 0.25) is 0 Å². The van der Waals surface area contributed by atoms with Gasteiger partial charge in [-0.3, -0.25) is 0 Å². The van der Waals surface area contributed by atoms with E-state index >= 15 is 0 Å². The number of hydrogen-bond acceptors (Lipinski definition) is 2. The summed E-state index contributed by atoms with van der Waals surface area (Å²) >= 11 is 0. The third kappa shape index (κ3) is 3.16. The van der Waals surface area contributed by atoms with Gasteiger partial charge in [0.25, 0.3) is 6.43 Å². The zero-order valence-corrected chi connectivity index (χ0v) is 8.78. The van der Waals surface area contributed by atoms with Crippen LogP contribution in [-0.4, -0.2) is 12.5 Å². The first-order chi connectivity index (χ1) is 7.02. The molecule has 1 aromatic rings. The molecule has 0 saturated heterocycles. The molecule has 1 aromatic carbocycles. The zero-order chi connectivity index (χ0) is 11.4. The maximum atomic E-state index is 12.5. The van der Waals surface area contributed by atoms with Crippen molar-refractivity contribution in [3.05, 3.63) is 29.8 Å². The van der Waals surface area contributed by atoms with E-state index in [4.69, 9.17) is 10.5 Å². The van der Waals surface area contributed by atoms with Crippen LogP contribution in [0.1, 0.15) is 25.5 Å². The van der Waals surface area contributed by atoms with Gasteiger partial charge in [0.15, 0.2) is 0 Å². The zero-order valence-electron chi connectivity index (χ0n) is 8.78. The molecule has 0 aromatic heterocycles. The van der Waals surface area contributed by atoms with E-state index in [1.807, 2.05) is 13.8 Å². The molecule has 2 nitrogen and oxygen atoms in total. The first-order valence-corrected chi connectivity index (χ1v) is 4.81. The molecule has 1 rings (SSSR count). The average molecular weight is 215 g/mol. The predicted octanol–water partition coefficient (Wildman–Crippen LogP) is 2.74. The average Bonchev–Trinajstić information content (AvgIpc) is 2.16. The Bertz CT molecular complexity index is 315. The van der Waals surface area contributed by atoms with Crippen molar-refractivity contribution < 1.29 is 13.5 Å². The Balaban J connectivity index is 2.95. The minimum absolute atomic E-state index is 0.0592. The van der Waals surface area contributed by atoms with Crippen LogP contribution < -0.4 is 10.5 Å². The van der Waals surface area contributed by atoms with Crippen molar-refractivity contribution in [1.82, 2.24) is 0 Å². The van der Waals surface area contributed by atoms with Gasteiger partial charge in [-0.25, -0.2) is 8.78 Å². The summed E-state index contributed by atoms with van der Waals surface area (Å²) in [4.78, 5) is 0. The molecule has 0 fully saturated rings. The van der Waals surface area contributed by atoms with E-state index in [2.05, 4.69) is 0 Å². The van der Waals surface area contributed by atoms with E-state index in [1.165, 1.54) is 0 Å². The Kier molecular flexibility index (Phi) is 4.03. The van der Waals surface area contributed by atoms with E-state index < -0.39 is 12.5 Å². The summed E-state index contributed by atoms with van der Waals surface area (Å²) in [6.45, 7) is 3.68. The second kappa shape index (κ2) is 5.07. The van der Waals surface area contributed by atoms with Crippen LogP contribution in [0.15, 0.2) is 24.3 Å². The van der Waals surface area contributed by atoms with Crippen LogP contribution in [0.4, 0.5) is 8.78 Å². The molecule has 0 aliphatic rings. The minimum atomic E-state index is -2.58. The summed E-state index contributed by atoms with van der Waals surface area (Å²) in [5.41, 5.74) is 5.73. The van der Waals surface area contributed by atoms with Gasteiger partial charge < -0.3 is 10.5 Å². The molecular formula is C11H15F2NO. The number of nitrogens with two attached hydrogens (primary N) is 1. The summed E-state index contributed by atoms with van der Waals surface area (Å²) in [6, 6.07) is 5.33. The Morgan fingerprint density at radius 1 is 1.20 bits per heavy atom. The molecule has 0 radical (unpaired) electrons. The highest BCUT2D eigenvalue weighted by Crippen LogP contribution is 2.27. The van der Waals surface area contributed by atoms with Crippen molar-refractivity contribution in [2.45, 2.75) is 32.4 Å². The van der Waals surface area contributed by atoms with Crippen LogP contribution in [0, 0.1) is 0 Å². The summed E-state index contributed by atoms with van der Waals surface area (Å²) in [5, 5.41) is 0. The monoisotopic (exact) mass is 215 g/mol. The Morgan fingerprint density at radius 3 is 2.33 bits per heavy atom. The molecule has 4 heteroatoms. The molecule has 84 valence electrons. The molecule has 0 amide bonds. The lowest BCUT2D eigenvalue weighted by molar-refractivity contribution is 0.113. The number of rotatable bonds is 4. The molecule has 0 aliphatic carbocycles. The van der Waals surface area contributed by atoms with Gasteiger partial charge in [-0.1, -0.05) is 18.2 Å². The lowest BCUT2D eigenvalue weighted by atomic mass is 10.1. The molecule has 0 saturated carbocycles. The molecule has 0 heterocycles. The second-order valence-electron chi connectivity index (χ2n) is 3.56. The standard InChI is InChI=1S/C11H15F2NO/c1-7(2)15-9-6-4-3-5-8(9)10(14)11(12)13/h3-7,10-11H,14H2,1-2H3. The fourth-order valence-electron chi connectivity index (χ4n) is 1.25. The van der Waals surface area contributed by atoms with Crippen molar-refractivity contribution >= 4 is 0 Å².